The normalized spacial score (nSPS) is 30.2. The van der Waals surface area contributed by atoms with Crippen LogP contribution >= 0.6 is 11.8 Å². The second-order valence-corrected chi connectivity index (χ2v) is 5.95. The van der Waals surface area contributed by atoms with E-state index < -0.39 is 0 Å². The zero-order valence-corrected chi connectivity index (χ0v) is 10.7. The molecule has 84 valence electrons. The summed E-state index contributed by atoms with van der Waals surface area (Å²) in [5.74, 6) is 2.26. The molecule has 14 heavy (non-hydrogen) atoms. The second kappa shape index (κ2) is 6.73. The third-order valence-electron chi connectivity index (χ3n) is 3.32. The van der Waals surface area contributed by atoms with E-state index in [0.29, 0.717) is 0 Å². The molecule has 0 heterocycles. The van der Waals surface area contributed by atoms with E-state index in [9.17, 15) is 0 Å². The van der Waals surface area contributed by atoms with Gasteiger partial charge in [-0.15, -0.1) is 0 Å². The van der Waals surface area contributed by atoms with Gasteiger partial charge in [0, 0.05) is 17.0 Å². The fourth-order valence-electron chi connectivity index (χ4n) is 2.19. The van der Waals surface area contributed by atoms with Crippen LogP contribution in [0, 0.1) is 5.92 Å². The molecule has 1 aliphatic carbocycles. The zero-order chi connectivity index (χ0) is 10.4. The van der Waals surface area contributed by atoms with Crippen molar-refractivity contribution in [2.45, 2.75) is 57.2 Å². The van der Waals surface area contributed by atoms with Crippen LogP contribution in [0.25, 0.3) is 0 Å². The van der Waals surface area contributed by atoms with Crippen LogP contribution in [-0.4, -0.2) is 24.1 Å². The third kappa shape index (κ3) is 4.22. The maximum Gasteiger partial charge on any atom is 0.0152 e. The molecule has 3 atom stereocenters. The van der Waals surface area contributed by atoms with E-state index >= 15 is 0 Å². The Morgan fingerprint density at radius 2 is 2.21 bits per heavy atom. The Labute approximate surface area is 93.4 Å². The van der Waals surface area contributed by atoms with E-state index in [0.717, 1.165) is 17.2 Å². The van der Waals surface area contributed by atoms with E-state index in [1.165, 1.54) is 37.9 Å². The highest BCUT2D eigenvalue weighted by atomic mass is 32.2. The highest BCUT2D eigenvalue weighted by Gasteiger charge is 2.19. The molecule has 0 radical (unpaired) electrons. The highest BCUT2D eigenvalue weighted by molar-refractivity contribution is 7.99. The summed E-state index contributed by atoms with van der Waals surface area (Å²) in [5.41, 5.74) is 0. The highest BCUT2D eigenvalue weighted by Crippen LogP contribution is 2.32. The van der Waals surface area contributed by atoms with Gasteiger partial charge in [0.15, 0.2) is 0 Å². The fourth-order valence-corrected chi connectivity index (χ4v) is 3.89. The Kier molecular flexibility index (Phi) is 5.95. The first-order valence-corrected chi connectivity index (χ1v) is 7.10. The topological polar surface area (TPSA) is 12.0 Å². The van der Waals surface area contributed by atoms with Gasteiger partial charge in [-0.05, 0) is 32.2 Å². The standard InChI is InChI=1S/C12H25NS/c1-4-11(13-3)9-14-12-7-5-6-10(2)8-12/h10-13H,4-9H2,1-3H3. The molecule has 1 nitrogen and oxygen atoms in total. The Morgan fingerprint density at radius 1 is 1.43 bits per heavy atom. The molecule has 0 aromatic carbocycles. The first-order valence-electron chi connectivity index (χ1n) is 6.05. The van der Waals surface area contributed by atoms with E-state index in [1.54, 1.807) is 0 Å². The summed E-state index contributed by atoms with van der Waals surface area (Å²) in [5, 5.41) is 4.33. The molecule has 0 aromatic rings. The maximum atomic E-state index is 3.38. The minimum atomic E-state index is 0.720. The average molecular weight is 215 g/mol. The minimum Gasteiger partial charge on any atom is -0.316 e. The molecule has 1 rings (SSSR count). The molecule has 1 N–H and O–H groups in total. The zero-order valence-electron chi connectivity index (χ0n) is 9.88. The van der Waals surface area contributed by atoms with Crippen molar-refractivity contribution in [3.05, 3.63) is 0 Å². The van der Waals surface area contributed by atoms with Crippen molar-refractivity contribution in [3.63, 3.8) is 0 Å². The van der Waals surface area contributed by atoms with Crippen molar-refractivity contribution in [1.29, 1.82) is 0 Å². The summed E-state index contributed by atoms with van der Waals surface area (Å²) in [7, 11) is 2.08. The largest absolute Gasteiger partial charge is 0.316 e. The summed E-state index contributed by atoms with van der Waals surface area (Å²) < 4.78 is 0. The summed E-state index contributed by atoms with van der Waals surface area (Å²) in [6.07, 6.45) is 7.07. The summed E-state index contributed by atoms with van der Waals surface area (Å²) in [6, 6.07) is 0.720. The molecule has 2 heteroatoms. The van der Waals surface area contributed by atoms with Gasteiger partial charge in [-0.25, -0.2) is 0 Å². The SMILES string of the molecule is CCC(CSC1CCCC(C)C1)NC. The van der Waals surface area contributed by atoms with Crippen molar-refractivity contribution in [2.75, 3.05) is 12.8 Å². The molecule has 0 aliphatic heterocycles. The molecule has 1 saturated carbocycles. The monoisotopic (exact) mass is 215 g/mol. The average Bonchev–Trinajstić information content (AvgIpc) is 2.19. The molecule has 0 spiro atoms. The molecule has 3 unspecified atom stereocenters. The smallest absolute Gasteiger partial charge is 0.0152 e. The van der Waals surface area contributed by atoms with Crippen LogP contribution in [-0.2, 0) is 0 Å². The summed E-state index contributed by atoms with van der Waals surface area (Å²) in [4.78, 5) is 0. The Morgan fingerprint density at radius 3 is 2.79 bits per heavy atom. The number of thioether (sulfide) groups is 1. The van der Waals surface area contributed by atoms with Gasteiger partial charge in [-0.2, -0.15) is 11.8 Å². The quantitative estimate of drug-likeness (QED) is 0.755. The molecule has 0 aromatic heterocycles. The van der Waals surface area contributed by atoms with Crippen molar-refractivity contribution >= 4 is 11.8 Å². The lowest BCUT2D eigenvalue weighted by Gasteiger charge is -2.27. The van der Waals surface area contributed by atoms with Crippen LogP contribution < -0.4 is 5.32 Å². The van der Waals surface area contributed by atoms with Crippen LogP contribution in [0.1, 0.15) is 46.0 Å². The molecule has 0 bridgehead atoms. The first-order chi connectivity index (χ1) is 6.76. The Hall–Kier alpha value is 0.310. The third-order valence-corrected chi connectivity index (χ3v) is 4.82. The van der Waals surface area contributed by atoms with Crippen molar-refractivity contribution in [1.82, 2.24) is 5.32 Å². The Balaban J connectivity index is 2.16. The van der Waals surface area contributed by atoms with Gasteiger partial charge in [0.05, 0.1) is 0 Å². The number of nitrogens with one attached hydrogen (secondary N) is 1. The van der Waals surface area contributed by atoms with Crippen molar-refractivity contribution in [3.8, 4) is 0 Å². The minimum absolute atomic E-state index is 0.720. The van der Waals surface area contributed by atoms with Gasteiger partial charge in [-0.1, -0.05) is 26.7 Å². The van der Waals surface area contributed by atoms with Crippen LogP contribution in [0.2, 0.25) is 0 Å². The van der Waals surface area contributed by atoms with Gasteiger partial charge in [0.1, 0.15) is 0 Å². The fraction of sp³-hybridized carbons (Fsp3) is 1.00. The lowest BCUT2D eigenvalue weighted by Crippen LogP contribution is -2.28. The predicted molar refractivity (Wildman–Crippen MR) is 67.0 cm³/mol. The Bertz CT molecular complexity index is 145. The second-order valence-electron chi connectivity index (χ2n) is 4.62. The molecule has 0 amide bonds. The van der Waals surface area contributed by atoms with Crippen LogP contribution in [0.3, 0.4) is 0 Å². The number of rotatable bonds is 5. The first kappa shape index (κ1) is 12.4. The molecular formula is C12H25NS. The van der Waals surface area contributed by atoms with Gasteiger partial charge in [0.25, 0.3) is 0 Å². The van der Waals surface area contributed by atoms with Crippen LogP contribution in [0.4, 0.5) is 0 Å². The van der Waals surface area contributed by atoms with E-state index in [2.05, 4.69) is 38.0 Å². The van der Waals surface area contributed by atoms with Gasteiger partial charge < -0.3 is 5.32 Å². The lowest BCUT2D eigenvalue weighted by atomic mass is 9.91. The summed E-state index contributed by atoms with van der Waals surface area (Å²) in [6.45, 7) is 4.67. The van der Waals surface area contributed by atoms with Crippen LogP contribution in [0.15, 0.2) is 0 Å². The van der Waals surface area contributed by atoms with E-state index in [1.807, 2.05) is 0 Å². The van der Waals surface area contributed by atoms with Gasteiger partial charge in [0.2, 0.25) is 0 Å². The van der Waals surface area contributed by atoms with Gasteiger partial charge in [-0.3, -0.25) is 0 Å². The molecule has 1 fully saturated rings. The molecule has 1 aliphatic rings. The van der Waals surface area contributed by atoms with Crippen molar-refractivity contribution < 1.29 is 0 Å². The molecule has 0 saturated heterocycles. The van der Waals surface area contributed by atoms with Crippen molar-refractivity contribution in [2.24, 2.45) is 5.92 Å². The maximum absolute atomic E-state index is 3.38. The number of hydrogen-bond donors (Lipinski definition) is 1. The van der Waals surface area contributed by atoms with E-state index in [4.69, 9.17) is 0 Å². The number of hydrogen-bond acceptors (Lipinski definition) is 2. The predicted octanol–water partition coefficient (Wildman–Crippen LogP) is 3.30. The van der Waals surface area contributed by atoms with Gasteiger partial charge >= 0.3 is 0 Å². The lowest BCUT2D eigenvalue weighted by molar-refractivity contribution is 0.394. The molecular weight excluding hydrogens is 190 g/mol. The summed E-state index contributed by atoms with van der Waals surface area (Å²) >= 11 is 2.20. The van der Waals surface area contributed by atoms with Crippen LogP contribution in [0.5, 0.6) is 0 Å². The van der Waals surface area contributed by atoms with E-state index in [-0.39, 0.29) is 0 Å².